The van der Waals surface area contributed by atoms with E-state index in [9.17, 15) is 9.90 Å². The summed E-state index contributed by atoms with van der Waals surface area (Å²) < 4.78 is 0. The lowest BCUT2D eigenvalue weighted by atomic mass is 9.95. The van der Waals surface area contributed by atoms with E-state index in [1.165, 1.54) is 6.20 Å². The lowest BCUT2D eigenvalue weighted by molar-refractivity contribution is -0.0107. The van der Waals surface area contributed by atoms with E-state index in [1.807, 2.05) is 0 Å². The normalized spacial score (nSPS) is 23.3. The van der Waals surface area contributed by atoms with Crippen molar-refractivity contribution >= 4 is 23.3 Å². The summed E-state index contributed by atoms with van der Waals surface area (Å²) >= 11 is 6.04. The van der Waals surface area contributed by atoms with E-state index in [0.29, 0.717) is 35.9 Å². The first-order chi connectivity index (χ1) is 8.93. The van der Waals surface area contributed by atoms with Gasteiger partial charge in [0, 0.05) is 26.3 Å². The Balaban J connectivity index is 2.24. The van der Waals surface area contributed by atoms with Crippen LogP contribution in [0.1, 0.15) is 30.1 Å². The minimum Gasteiger partial charge on any atom is -0.388 e. The molecule has 1 saturated heterocycles. The van der Waals surface area contributed by atoms with Gasteiger partial charge in [0.2, 0.25) is 0 Å². The number of aliphatic hydroxyl groups is 1. The average Bonchev–Trinajstić information content (AvgIpc) is 2.37. The minimum absolute atomic E-state index is 0.163. The van der Waals surface area contributed by atoms with Gasteiger partial charge in [0.25, 0.3) is 5.91 Å². The van der Waals surface area contributed by atoms with Gasteiger partial charge in [0.05, 0.1) is 16.2 Å². The van der Waals surface area contributed by atoms with Crippen molar-refractivity contribution in [2.45, 2.75) is 25.4 Å². The molecule has 2 N–H and O–H groups in total. The van der Waals surface area contributed by atoms with E-state index in [-0.39, 0.29) is 5.91 Å². The molecule has 0 radical (unpaired) electrons. The third-order valence-corrected chi connectivity index (χ3v) is 3.61. The molecule has 1 unspecified atom stereocenters. The van der Waals surface area contributed by atoms with Crippen LogP contribution < -0.4 is 5.32 Å². The third-order valence-electron chi connectivity index (χ3n) is 3.30. The molecule has 1 aliphatic rings. The average molecular weight is 284 g/mol. The van der Waals surface area contributed by atoms with Gasteiger partial charge in [-0.2, -0.15) is 0 Å². The topological polar surface area (TPSA) is 65.5 Å². The molecule has 1 amide bonds. The van der Waals surface area contributed by atoms with Gasteiger partial charge in [0.1, 0.15) is 5.82 Å². The molecule has 1 fully saturated rings. The smallest absolute Gasteiger partial charge is 0.255 e. The molecule has 1 aliphatic heterocycles. The van der Waals surface area contributed by atoms with Crippen molar-refractivity contribution < 1.29 is 9.90 Å². The van der Waals surface area contributed by atoms with Gasteiger partial charge in [-0.25, -0.2) is 4.98 Å². The van der Waals surface area contributed by atoms with Crippen LogP contribution in [0.5, 0.6) is 0 Å². The molecule has 0 aromatic carbocycles. The van der Waals surface area contributed by atoms with Gasteiger partial charge in [-0.15, -0.1) is 0 Å². The van der Waals surface area contributed by atoms with Crippen molar-refractivity contribution in [3.8, 4) is 0 Å². The summed E-state index contributed by atoms with van der Waals surface area (Å²) in [5, 5.41) is 13.3. The Hall–Kier alpha value is -1.33. The summed E-state index contributed by atoms with van der Waals surface area (Å²) in [5.41, 5.74) is -0.405. The standard InChI is InChI=1S/C13H18ClN3O2/c1-13(19)4-3-5-17(8-13)12(18)9-6-11(15-2)16-7-10(9)14/h6-7,19H,3-5,8H2,1-2H3,(H,15,16). The summed E-state index contributed by atoms with van der Waals surface area (Å²) in [5.74, 6) is 0.431. The maximum atomic E-state index is 12.5. The van der Waals surface area contributed by atoms with Crippen LogP contribution in [0, 0.1) is 0 Å². The van der Waals surface area contributed by atoms with Crippen LogP contribution in [-0.2, 0) is 0 Å². The first-order valence-electron chi connectivity index (χ1n) is 6.28. The fraction of sp³-hybridized carbons (Fsp3) is 0.538. The van der Waals surface area contributed by atoms with Gasteiger partial charge in [-0.3, -0.25) is 4.79 Å². The van der Waals surface area contributed by atoms with Crippen LogP contribution in [0.3, 0.4) is 0 Å². The van der Waals surface area contributed by atoms with Crippen LogP contribution in [-0.4, -0.2) is 46.6 Å². The highest BCUT2D eigenvalue weighted by molar-refractivity contribution is 6.33. The van der Waals surface area contributed by atoms with Gasteiger partial charge >= 0.3 is 0 Å². The number of aromatic nitrogens is 1. The fourth-order valence-electron chi connectivity index (χ4n) is 2.30. The fourth-order valence-corrected chi connectivity index (χ4v) is 2.49. The molecule has 1 aromatic rings. The number of β-amino-alcohol motifs (C(OH)–C–C–N with tert-alkyl or cyclic N) is 1. The van der Waals surface area contributed by atoms with Crippen molar-refractivity contribution in [2.75, 3.05) is 25.5 Å². The highest BCUT2D eigenvalue weighted by Crippen LogP contribution is 2.25. The van der Waals surface area contributed by atoms with Crippen LogP contribution in [0.4, 0.5) is 5.82 Å². The zero-order valence-corrected chi connectivity index (χ0v) is 11.9. The molecule has 2 heterocycles. The Labute approximate surface area is 117 Å². The van der Waals surface area contributed by atoms with Gasteiger partial charge in [-0.05, 0) is 25.8 Å². The monoisotopic (exact) mass is 283 g/mol. The quantitative estimate of drug-likeness (QED) is 0.868. The Kier molecular flexibility index (Phi) is 3.96. The first kappa shape index (κ1) is 14.1. The molecule has 104 valence electrons. The molecule has 5 nitrogen and oxygen atoms in total. The van der Waals surface area contributed by atoms with Crippen LogP contribution >= 0.6 is 11.6 Å². The number of piperidine rings is 1. The van der Waals surface area contributed by atoms with E-state index in [1.54, 1.807) is 24.9 Å². The number of carbonyl (C=O) groups is 1. The molecule has 19 heavy (non-hydrogen) atoms. The summed E-state index contributed by atoms with van der Waals surface area (Å²) in [4.78, 5) is 18.1. The predicted octanol–water partition coefficient (Wildman–Crippen LogP) is 1.76. The van der Waals surface area contributed by atoms with E-state index >= 15 is 0 Å². The molecule has 6 heteroatoms. The number of pyridine rings is 1. The highest BCUT2D eigenvalue weighted by atomic mass is 35.5. The van der Waals surface area contributed by atoms with E-state index in [2.05, 4.69) is 10.3 Å². The summed E-state index contributed by atoms with van der Waals surface area (Å²) in [6.45, 7) is 2.72. The zero-order chi connectivity index (χ0) is 14.0. The largest absolute Gasteiger partial charge is 0.388 e. The number of rotatable bonds is 2. The SMILES string of the molecule is CNc1cc(C(=O)N2CCCC(C)(O)C2)c(Cl)cn1. The number of halogens is 1. The molecule has 1 aromatic heterocycles. The van der Waals surface area contributed by atoms with E-state index in [4.69, 9.17) is 11.6 Å². The Morgan fingerprint density at radius 1 is 1.63 bits per heavy atom. The molecule has 2 rings (SSSR count). The number of hydrogen-bond acceptors (Lipinski definition) is 4. The third kappa shape index (κ3) is 3.16. The molecule has 1 atom stereocenters. The Morgan fingerprint density at radius 3 is 3.00 bits per heavy atom. The molecule has 0 bridgehead atoms. The number of hydrogen-bond donors (Lipinski definition) is 2. The second kappa shape index (κ2) is 5.35. The van der Waals surface area contributed by atoms with Crippen LogP contribution in [0.2, 0.25) is 5.02 Å². The lowest BCUT2D eigenvalue weighted by Crippen LogP contribution is -2.48. The number of carbonyl (C=O) groups excluding carboxylic acids is 1. The molecular formula is C13H18ClN3O2. The van der Waals surface area contributed by atoms with Crippen LogP contribution in [0.15, 0.2) is 12.3 Å². The predicted molar refractivity (Wildman–Crippen MR) is 74.6 cm³/mol. The second-order valence-electron chi connectivity index (χ2n) is 5.13. The van der Waals surface area contributed by atoms with Gasteiger partial charge in [-0.1, -0.05) is 11.6 Å². The highest BCUT2D eigenvalue weighted by Gasteiger charge is 2.32. The minimum atomic E-state index is -0.820. The van der Waals surface area contributed by atoms with E-state index in [0.717, 1.165) is 6.42 Å². The molecule has 0 saturated carbocycles. The van der Waals surface area contributed by atoms with Crippen molar-refractivity contribution in [3.63, 3.8) is 0 Å². The lowest BCUT2D eigenvalue weighted by Gasteiger charge is -2.37. The van der Waals surface area contributed by atoms with Crippen molar-refractivity contribution in [1.82, 2.24) is 9.88 Å². The van der Waals surface area contributed by atoms with Crippen molar-refractivity contribution in [2.24, 2.45) is 0 Å². The van der Waals surface area contributed by atoms with Gasteiger partial charge in [0.15, 0.2) is 0 Å². The van der Waals surface area contributed by atoms with E-state index < -0.39 is 5.60 Å². The Bertz CT molecular complexity index is 491. The molecule has 0 aliphatic carbocycles. The molecular weight excluding hydrogens is 266 g/mol. The second-order valence-corrected chi connectivity index (χ2v) is 5.53. The molecule has 0 spiro atoms. The number of nitrogens with zero attached hydrogens (tertiary/aromatic N) is 2. The Morgan fingerprint density at radius 2 is 2.37 bits per heavy atom. The summed E-state index contributed by atoms with van der Waals surface area (Å²) in [6, 6.07) is 1.63. The van der Waals surface area contributed by atoms with Crippen LogP contribution in [0.25, 0.3) is 0 Å². The first-order valence-corrected chi connectivity index (χ1v) is 6.66. The summed E-state index contributed by atoms with van der Waals surface area (Å²) in [7, 11) is 1.73. The number of amides is 1. The number of anilines is 1. The van der Waals surface area contributed by atoms with Crippen molar-refractivity contribution in [1.29, 1.82) is 0 Å². The zero-order valence-electron chi connectivity index (χ0n) is 11.1. The summed E-state index contributed by atoms with van der Waals surface area (Å²) in [6.07, 6.45) is 2.96. The van der Waals surface area contributed by atoms with Gasteiger partial charge < -0.3 is 15.3 Å². The maximum absolute atomic E-state index is 12.5. The number of nitrogens with one attached hydrogen (secondary N) is 1. The van der Waals surface area contributed by atoms with Crippen molar-refractivity contribution in [3.05, 3.63) is 22.8 Å². The maximum Gasteiger partial charge on any atom is 0.255 e. The number of likely N-dealkylation sites (tertiary alicyclic amines) is 1.